The highest BCUT2D eigenvalue weighted by atomic mass is 79.9. The molecule has 0 spiro atoms. The van der Waals surface area contributed by atoms with Crippen molar-refractivity contribution in [2.45, 2.75) is 24.3 Å². The van der Waals surface area contributed by atoms with Crippen LogP contribution in [0.15, 0.2) is 100 Å². The van der Waals surface area contributed by atoms with Gasteiger partial charge in [-0.1, -0.05) is 82.2 Å². The molecule has 0 aliphatic heterocycles. The third kappa shape index (κ3) is 5.99. The zero-order valence-corrected chi connectivity index (χ0v) is 23.7. The maximum Gasteiger partial charge on any atom is 0.263 e. The Morgan fingerprint density at radius 2 is 1.68 bits per heavy atom. The largest absolute Gasteiger partial charge is 0.480 e. The quantitative estimate of drug-likeness (QED) is 0.191. The van der Waals surface area contributed by atoms with E-state index in [0.717, 1.165) is 37.7 Å². The van der Waals surface area contributed by atoms with Gasteiger partial charge in [0.15, 0.2) is 11.2 Å². The van der Waals surface area contributed by atoms with Crippen molar-refractivity contribution in [2.24, 2.45) is 0 Å². The van der Waals surface area contributed by atoms with E-state index in [1.165, 1.54) is 11.3 Å². The van der Waals surface area contributed by atoms with Crippen LogP contribution in [-0.2, 0) is 16.4 Å². The average molecular weight is 614 g/mol. The molecule has 4 aromatic carbocycles. The molecule has 0 aliphatic rings. The SMILES string of the molecule is CCc1ccc(S(=O)(=O)Nc2ncc(C(Oc3ccc4cc(Br)ccc4c3)c3ccc(Cl)cc3)s2)cc1. The highest BCUT2D eigenvalue weighted by Crippen LogP contribution is 2.36. The van der Waals surface area contributed by atoms with Crippen LogP contribution < -0.4 is 9.46 Å². The number of hydrogen-bond donors (Lipinski definition) is 1. The number of anilines is 1. The minimum Gasteiger partial charge on any atom is -0.480 e. The molecule has 0 saturated carbocycles. The van der Waals surface area contributed by atoms with Crippen LogP contribution >= 0.6 is 38.9 Å². The van der Waals surface area contributed by atoms with Gasteiger partial charge in [-0.25, -0.2) is 13.4 Å². The molecule has 0 aliphatic carbocycles. The number of hydrogen-bond acceptors (Lipinski definition) is 5. The fourth-order valence-electron chi connectivity index (χ4n) is 3.87. The minimum absolute atomic E-state index is 0.190. The molecule has 0 fully saturated rings. The fraction of sp³-hybridized carbons (Fsp3) is 0.107. The second kappa shape index (κ2) is 10.8. The molecule has 0 bridgehead atoms. The molecule has 5 aromatic rings. The van der Waals surface area contributed by atoms with Crippen LogP contribution in [-0.4, -0.2) is 13.4 Å². The lowest BCUT2D eigenvalue weighted by atomic mass is 10.1. The predicted molar refractivity (Wildman–Crippen MR) is 154 cm³/mol. The summed E-state index contributed by atoms with van der Waals surface area (Å²) in [6.45, 7) is 2.02. The van der Waals surface area contributed by atoms with E-state index in [1.807, 2.05) is 67.6 Å². The smallest absolute Gasteiger partial charge is 0.263 e. The lowest BCUT2D eigenvalue weighted by Gasteiger charge is -2.19. The topological polar surface area (TPSA) is 68.3 Å². The van der Waals surface area contributed by atoms with E-state index in [9.17, 15) is 8.42 Å². The number of aryl methyl sites for hydroxylation is 1. The third-order valence-corrected chi connectivity index (χ3v) is 9.03. The second-order valence-electron chi connectivity index (χ2n) is 8.37. The first-order valence-electron chi connectivity index (χ1n) is 11.5. The third-order valence-electron chi connectivity index (χ3n) is 5.85. The van der Waals surface area contributed by atoms with Crippen LogP contribution in [0.25, 0.3) is 10.8 Å². The molecule has 9 heteroatoms. The summed E-state index contributed by atoms with van der Waals surface area (Å²) in [4.78, 5) is 5.28. The van der Waals surface area contributed by atoms with Gasteiger partial charge >= 0.3 is 0 Å². The minimum atomic E-state index is -3.77. The standard InChI is InChI=1S/C28H22BrClN2O3S2/c1-2-18-3-13-25(14-4-18)37(33,34)32-28-31-17-26(36-28)27(19-6-10-23(30)11-7-19)35-24-12-8-20-15-22(29)9-5-21(20)16-24/h3-17,27H,2H2,1H3,(H,31,32). The number of aromatic nitrogens is 1. The van der Waals surface area contributed by atoms with Crippen LogP contribution in [0.4, 0.5) is 5.13 Å². The van der Waals surface area contributed by atoms with Crippen LogP contribution in [0.2, 0.25) is 5.02 Å². The monoisotopic (exact) mass is 612 g/mol. The van der Waals surface area contributed by atoms with Crippen molar-refractivity contribution in [3.05, 3.63) is 117 Å². The van der Waals surface area contributed by atoms with E-state index in [2.05, 4.69) is 25.6 Å². The van der Waals surface area contributed by atoms with Crippen molar-refractivity contribution >= 4 is 64.8 Å². The molecule has 1 atom stereocenters. The van der Waals surface area contributed by atoms with Crippen LogP contribution in [0.3, 0.4) is 0 Å². The van der Waals surface area contributed by atoms with Gasteiger partial charge in [0.2, 0.25) is 0 Å². The molecular weight excluding hydrogens is 592 g/mol. The van der Waals surface area contributed by atoms with Gasteiger partial charge in [0.05, 0.1) is 9.77 Å². The molecule has 1 unspecified atom stereocenters. The highest BCUT2D eigenvalue weighted by molar-refractivity contribution is 9.10. The summed E-state index contributed by atoms with van der Waals surface area (Å²) >= 11 is 10.9. The first-order chi connectivity index (χ1) is 17.8. The lowest BCUT2D eigenvalue weighted by molar-refractivity contribution is 0.251. The zero-order valence-electron chi connectivity index (χ0n) is 19.7. The number of nitrogens with one attached hydrogen (secondary N) is 1. The Hall–Kier alpha value is -2.91. The molecule has 1 aromatic heterocycles. The molecule has 0 amide bonds. The van der Waals surface area contributed by atoms with E-state index < -0.39 is 16.1 Å². The zero-order chi connectivity index (χ0) is 26.0. The number of benzene rings is 4. The van der Waals surface area contributed by atoms with Crippen LogP contribution in [0, 0.1) is 0 Å². The number of ether oxygens (including phenoxy) is 1. The highest BCUT2D eigenvalue weighted by Gasteiger charge is 2.22. The number of fused-ring (bicyclic) bond motifs is 1. The van der Waals surface area contributed by atoms with Crippen molar-refractivity contribution in [3.63, 3.8) is 0 Å². The fourth-order valence-corrected chi connectivity index (χ4v) is 6.49. The Balaban J connectivity index is 1.44. The van der Waals surface area contributed by atoms with E-state index >= 15 is 0 Å². The van der Waals surface area contributed by atoms with Crippen molar-refractivity contribution in [2.75, 3.05) is 4.72 Å². The first kappa shape index (κ1) is 25.7. The van der Waals surface area contributed by atoms with Crippen molar-refractivity contribution in [1.29, 1.82) is 0 Å². The molecule has 0 saturated heterocycles. The molecule has 1 heterocycles. The molecule has 37 heavy (non-hydrogen) atoms. The van der Waals surface area contributed by atoms with Gasteiger partial charge in [-0.05, 0) is 76.9 Å². The van der Waals surface area contributed by atoms with Gasteiger partial charge in [-0.3, -0.25) is 4.72 Å². The molecular formula is C28H22BrClN2O3S2. The van der Waals surface area contributed by atoms with Crippen molar-refractivity contribution < 1.29 is 13.2 Å². The van der Waals surface area contributed by atoms with Gasteiger partial charge in [-0.2, -0.15) is 0 Å². The molecule has 0 radical (unpaired) electrons. The number of nitrogens with zero attached hydrogens (tertiary/aromatic N) is 1. The summed E-state index contributed by atoms with van der Waals surface area (Å²) in [6, 6.07) is 26.2. The normalized spacial score (nSPS) is 12.4. The van der Waals surface area contributed by atoms with Gasteiger partial charge in [0.1, 0.15) is 5.75 Å². The predicted octanol–water partition coefficient (Wildman–Crippen LogP) is 8.24. The second-order valence-corrected chi connectivity index (χ2v) is 12.5. The molecule has 5 nitrogen and oxygen atoms in total. The van der Waals surface area contributed by atoms with Crippen molar-refractivity contribution in [3.8, 4) is 5.75 Å². The summed E-state index contributed by atoms with van der Waals surface area (Å²) in [5.74, 6) is 0.682. The van der Waals surface area contributed by atoms with E-state index in [0.29, 0.717) is 10.8 Å². The van der Waals surface area contributed by atoms with Gasteiger partial charge in [0, 0.05) is 15.7 Å². The lowest BCUT2D eigenvalue weighted by Crippen LogP contribution is -2.12. The average Bonchev–Trinajstić information content (AvgIpc) is 3.35. The van der Waals surface area contributed by atoms with Crippen molar-refractivity contribution in [1.82, 2.24) is 4.98 Å². The van der Waals surface area contributed by atoms with Crippen LogP contribution in [0.5, 0.6) is 5.75 Å². The molecule has 188 valence electrons. The summed E-state index contributed by atoms with van der Waals surface area (Å²) in [5.41, 5.74) is 1.94. The van der Waals surface area contributed by atoms with E-state index in [4.69, 9.17) is 16.3 Å². The number of thiazole rings is 1. The van der Waals surface area contributed by atoms with Gasteiger partial charge in [-0.15, -0.1) is 0 Å². The Kier molecular flexibility index (Phi) is 7.53. The Labute approximate surface area is 233 Å². The van der Waals surface area contributed by atoms with Crippen LogP contribution in [0.1, 0.15) is 29.0 Å². The summed E-state index contributed by atoms with van der Waals surface area (Å²) in [6.07, 6.45) is 1.97. The van der Waals surface area contributed by atoms with E-state index in [-0.39, 0.29) is 10.0 Å². The summed E-state index contributed by atoms with van der Waals surface area (Å²) in [5, 5.41) is 3.01. The number of sulfonamides is 1. The maximum absolute atomic E-state index is 12.9. The van der Waals surface area contributed by atoms with Gasteiger partial charge in [0.25, 0.3) is 10.0 Å². The Bertz CT molecular complexity index is 1650. The maximum atomic E-state index is 12.9. The van der Waals surface area contributed by atoms with Gasteiger partial charge < -0.3 is 4.74 Å². The first-order valence-corrected chi connectivity index (χ1v) is 15.0. The summed E-state index contributed by atoms with van der Waals surface area (Å²) < 4.78 is 35.9. The number of rotatable bonds is 8. The van der Waals surface area contributed by atoms with E-state index in [1.54, 1.807) is 30.5 Å². The summed E-state index contributed by atoms with van der Waals surface area (Å²) in [7, 11) is -3.77. The number of halogens is 2. The Morgan fingerprint density at radius 1 is 0.973 bits per heavy atom. The molecule has 1 N–H and O–H groups in total. The molecule has 5 rings (SSSR count). The Morgan fingerprint density at radius 3 is 2.41 bits per heavy atom.